The number of nitrogens with one attached hydrogen (secondary N) is 1. The summed E-state index contributed by atoms with van der Waals surface area (Å²) in [5.74, 6) is -0.636. The predicted molar refractivity (Wildman–Crippen MR) is 84.2 cm³/mol. The van der Waals surface area contributed by atoms with E-state index in [0.717, 1.165) is 24.7 Å². The molecule has 8 heteroatoms. The highest BCUT2D eigenvalue weighted by atomic mass is 32.2. The van der Waals surface area contributed by atoms with Crippen molar-refractivity contribution >= 4 is 15.9 Å². The number of hydrogen-bond donors (Lipinski definition) is 1. The number of carbonyl (C=O) groups is 1. The van der Waals surface area contributed by atoms with Crippen LogP contribution in [-0.2, 0) is 16.6 Å². The summed E-state index contributed by atoms with van der Waals surface area (Å²) < 4.78 is 43.6. The zero-order valence-electron chi connectivity index (χ0n) is 13.0. The van der Waals surface area contributed by atoms with Crippen LogP contribution in [0.15, 0.2) is 46.1 Å². The van der Waals surface area contributed by atoms with Gasteiger partial charge in [-0.05, 0) is 37.6 Å². The Morgan fingerprint density at radius 3 is 2.58 bits per heavy atom. The average Bonchev–Trinajstić information content (AvgIpc) is 3.28. The summed E-state index contributed by atoms with van der Waals surface area (Å²) in [5.41, 5.74) is 0.987. The summed E-state index contributed by atoms with van der Waals surface area (Å²) in [6.07, 6.45) is 2.94. The van der Waals surface area contributed by atoms with Crippen molar-refractivity contribution in [1.29, 1.82) is 0 Å². The fourth-order valence-electron chi connectivity index (χ4n) is 2.38. The van der Waals surface area contributed by atoms with E-state index < -0.39 is 10.0 Å². The maximum atomic E-state index is 13.0. The van der Waals surface area contributed by atoms with Crippen LogP contribution in [0.1, 0.15) is 28.8 Å². The SMILES string of the molecule is CNS(=O)(=O)c1cc(C(=O)N(Cc2ccc(F)cc2)C2CC2)co1. The number of carbonyl (C=O) groups excluding carboxylic acids is 1. The van der Waals surface area contributed by atoms with Crippen molar-refractivity contribution in [3.05, 3.63) is 53.5 Å². The van der Waals surface area contributed by atoms with E-state index >= 15 is 0 Å². The van der Waals surface area contributed by atoms with Gasteiger partial charge in [-0.1, -0.05) is 12.1 Å². The molecule has 1 fully saturated rings. The Labute approximate surface area is 139 Å². The molecule has 2 aromatic rings. The average molecular weight is 352 g/mol. The second-order valence-corrected chi connectivity index (χ2v) is 7.47. The smallest absolute Gasteiger partial charge is 0.273 e. The molecule has 1 N–H and O–H groups in total. The number of rotatable bonds is 6. The molecular formula is C16H17FN2O4S. The van der Waals surface area contributed by atoms with Crippen molar-refractivity contribution in [2.24, 2.45) is 0 Å². The van der Waals surface area contributed by atoms with E-state index in [1.807, 2.05) is 0 Å². The lowest BCUT2D eigenvalue weighted by Crippen LogP contribution is -2.32. The molecule has 0 atom stereocenters. The quantitative estimate of drug-likeness (QED) is 0.864. The predicted octanol–water partition coefficient (Wildman–Crippen LogP) is 2.13. The first-order valence-corrected chi connectivity index (χ1v) is 8.96. The monoisotopic (exact) mass is 352 g/mol. The molecule has 0 saturated heterocycles. The van der Waals surface area contributed by atoms with Gasteiger partial charge in [0.1, 0.15) is 12.1 Å². The third kappa shape index (κ3) is 3.49. The Hall–Kier alpha value is -2.19. The van der Waals surface area contributed by atoms with E-state index in [-0.39, 0.29) is 28.4 Å². The second-order valence-electron chi connectivity index (χ2n) is 5.65. The molecule has 1 aromatic carbocycles. The topological polar surface area (TPSA) is 79.6 Å². The summed E-state index contributed by atoms with van der Waals surface area (Å²) >= 11 is 0. The minimum absolute atomic E-state index is 0.113. The molecule has 128 valence electrons. The minimum Gasteiger partial charge on any atom is -0.451 e. The third-order valence-electron chi connectivity index (χ3n) is 3.87. The standard InChI is InChI=1S/C16H17FN2O4S/c1-18-24(21,22)15-8-12(10-23-15)16(20)19(14-6-7-14)9-11-2-4-13(17)5-3-11/h2-5,8,10,14,18H,6-7,9H2,1H3. The van der Waals surface area contributed by atoms with E-state index in [1.54, 1.807) is 17.0 Å². The van der Waals surface area contributed by atoms with Crippen molar-refractivity contribution in [2.75, 3.05) is 7.05 Å². The first-order chi connectivity index (χ1) is 11.4. The molecule has 6 nitrogen and oxygen atoms in total. The summed E-state index contributed by atoms with van der Waals surface area (Å²) in [4.78, 5) is 14.4. The number of amides is 1. The Kier molecular flexibility index (Phi) is 4.42. The van der Waals surface area contributed by atoms with Crippen molar-refractivity contribution in [2.45, 2.75) is 30.5 Å². The van der Waals surface area contributed by atoms with Crippen molar-refractivity contribution in [3.8, 4) is 0 Å². The number of sulfonamides is 1. The molecule has 1 aliphatic rings. The van der Waals surface area contributed by atoms with Crippen LogP contribution in [0.3, 0.4) is 0 Å². The molecular weight excluding hydrogens is 335 g/mol. The maximum absolute atomic E-state index is 13.0. The number of halogens is 1. The lowest BCUT2D eigenvalue weighted by atomic mass is 10.2. The molecule has 0 aliphatic heterocycles. The van der Waals surface area contributed by atoms with Crippen LogP contribution in [0.25, 0.3) is 0 Å². The van der Waals surface area contributed by atoms with E-state index in [4.69, 9.17) is 4.42 Å². The Bertz CT molecular complexity index is 841. The number of nitrogens with zero attached hydrogens (tertiary/aromatic N) is 1. The molecule has 0 radical (unpaired) electrons. The molecule has 1 heterocycles. The molecule has 1 amide bonds. The first kappa shape index (κ1) is 16.7. The van der Waals surface area contributed by atoms with Gasteiger partial charge in [-0.15, -0.1) is 0 Å². The van der Waals surface area contributed by atoms with Crippen LogP contribution in [0.4, 0.5) is 4.39 Å². The van der Waals surface area contributed by atoms with Gasteiger partial charge in [0.2, 0.25) is 5.09 Å². The van der Waals surface area contributed by atoms with Crippen molar-refractivity contribution in [3.63, 3.8) is 0 Å². The van der Waals surface area contributed by atoms with Crippen LogP contribution >= 0.6 is 0 Å². The fraction of sp³-hybridized carbons (Fsp3) is 0.312. The lowest BCUT2D eigenvalue weighted by molar-refractivity contribution is 0.0729. The highest BCUT2D eigenvalue weighted by molar-refractivity contribution is 7.89. The van der Waals surface area contributed by atoms with E-state index in [2.05, 4.69) is 4.72 Å². The van der Waals surface area contributed by atoms with Gasteiger partial charge < -0.3 is 9.32 Å². The van der Waals surface area contributed by atoms with Crippen LogP contribution in [-0.4, -0.2) is 32.3 Å². The van der Waals surface area contributed by atoms with Gasteiger partial charge in [0.05, 0.1) is 5.56 Å². The van der Waals surface area contributed by atoms with E-state index in [0.29, 0.717) is 6.54 Å². The lowest BCUT2D eigenvalue weighted by Gasteiger charge is -2.21. The molecule has 3 rings (SSSR count). The number of hydrogen-bond acceptors (Lipinski definition) is 4. The molecule has 0 unspecified atom stereocenters. The van der Waals surface area contributed by atoms with Gasteiger partial charge in [-0.2, -0.15) is 0 Å². The van der Waals surface area contributed by atoms with Crippen LogP contribution < -0.4 is 4.72 Å². The number of furan rings is 1. The van der Waals surface area contributed by atoms with Gasteiger partial charge in [0.25, 0.3) is 15.9 Å². The zero-order valence-corrected chi connectivity index (χ0v) is 13.8. The first-order valence-electron chi connectivity index (χ1n) is 7.48. The Morgan fingerprint density at radius 2 is 2.00 bits per heavy atom. The van der Waals surface area contributed by atoms with Gasteiger partial charge >= 0.3 is 0 Å². The van der Waals surface area contributed by atoms with Crippen molar-refractivity contribution in [1.82, 2.24) is 9.62 Å². The second kappa shape index (κ2) is 6.37. The highest BCUT2D eigenvalue weighted by Crippen LogP contribution is 2.30. The largest absolute Gasteiger partial charge is 0.451 e. The van der Waals surface area contributed by atoms with Gasteiger partial charge in [0.15, 0.2) is 0 Å². The highest BCUT2D eigenvalue weighted by Gasteiger charge is 2.34. The van der Waals surface area contributed by atoms with Crippen molar-refractivity contribution < 1.29 is 22.0 Å². The molecule has 0 spiro atoms. The van der Waals surface area contributed by atoms with Crippen LogP contribution in [0, 0.1) is 5.82 Å². The van der Waals surface area contributed by atoms with Gasteiger partial charge in [-0.25, -0.2) is 17.5 Å². The summed E-state index contributed by atoms with van der Waals surface area (Å²) in [7, 11) is -2.47. The van der Waals surface area contributed by atoms with Crippen LogP contribution in [0.5, 0.6) is 0 Å². The Morgan fingerprint density at radius 1 is 1.33 bits per heavy atom. The normalized spacial score (nSPS) is 14.6. The zero-order chi connectivity index (χ0) is 17.3. The third-order valence-corrected chi connectivity index (χ3v) is 5.15. The van der Waals surface area contributed by atoms with Gasteiger partial charge in [-0.3, -0.25) is 4.79 Å². The van der Waals surface area contributed by atoms with E-state index in [1.165, 1.54) is 25.2 Å². The van der Waals surface area contributed by atoms with Gasteiger partial charge in [0, 0.05) is 18.7 Å². The molecule has 1 aromatic heterocycles. The molecule has 1 saturated carbocycles. The van der Waals surface area contributed by atoms with E-state index in [9.17, 15) is 17.6 Å². The summed E-state index contributed by atoms with van der Waals surface area (Å²) in [5, 5.41) is -0.300. The maximum Gasteiger partial charge on any atom is 0.273 e. The van der Waals surface area contributed by atoms with Crippen LogP contribution in [0.2, 0.25) is 0 Å². The minimum atomic E-state index is -3.73. The Balaban J connectivity index is 1.81. The summed E-state index contributed by atoms with van der Waals surface area (Å²) in [6.45, 7) is 0.336. The fourth-order valence-corrected chi connectivity index (χ4v) is 3.03. The molecule has 0 bridgehead atoms. The summed E-state index contributed by atoms with van der Waals surface area (Å²) in [6, 6.07) is 7.28. The number of benzene rings is 1. The molecule has 24 heavy (non-hydrogen) atoms. The molecule has 1 aliphatic carbocycles.